The number of carbonyl (C=O) groups excluding carboxylic acids is 1. The number of allylic oxidation sites excluding steroid dienone is 4. The van der Waals surface area contributed by atoms with Gasteiger partial charge in [-0.3, -0.25) is 13.8 Å². The number of ether oxygens (including phenoxy) is 2. The van der Waals surface area contributed by atoms with Gasteiger partial charge in [0.2, 0.25) is 0 Å². The molecular formula is C47H93NO7P+. The predicted octanol–water partition coefficient (Wildman–Crippen LogP) is 14.0. The molecule has 1 N–H and O–H groups in total. The minimum atomic E-state index is -4.27. The number of esters is 1. The van der Waals surface area contributed by atoms with E-state index >= 15 is 0 Å². The Balaban J connectivity index is 4.18. The molecule has 8 nitrogen and oxygen atoms in total. The molecule has 332 valence electrons. The first-order chi connectivity index (χ1) is 27.1. The summed E-state index contributed by atoms with van der Waals surface area (Å²) in [4.78, 5) is 22.9. The Morgan fingerprint density at radius 3 is 1.36 bits per heavy atom. The first kappa shape index (κ1) is 55.0. The molecule has 56 heavy (non-hydrogen) atoms. The maximum absolute atomic E-state index is 12.7. The van der Waals surface area contributed by atoms with Crippen molar-refractivity contribution in [3.63, 3.8) is 0 Å². The number of carbonyl (C=O) groups is 1. The normalized spacial score (nSPS) is 13.9. The second-order valence-electron chi connectivity index (χ2n) is 17.1. The van der Waals surface area contributed by atoms with Crippen LogP contribution >= 0.6 is 7.82 Å². The van der Waals surface area contributed by atoms with Crippen molar-refractivity contribution in [2.24, 2.45) is 0 Å². The summed E-state index contributed by atoms with van der Waals surface area (Å²) in [6.07, 6.45) is 46.4. The lowest BCUT2D eigenvalue weighted by molar-refractivity contribution is -0.870. The van der Waals surface area contributed by atoms with Gasteiger partial charge in [-0.1, -0.05) is 167 Å². The number of quaternary nitrogens is 1. The standard InChI is InChI=1S/C47H92NO7P/c1-6-8-10-12-14-16-18-20-22-23-24-25-26-28-30-32-34-36-38-40-47(49)55-46(45-54-56(50,51)53-43-41-48(3,4)5)44-52-42-39-37-35-33-31-29-27-21-19-17-15-13-11-9-7-2/h19-22,46H,6-18,23-45H2,1-5H3/p+1/b21-19-,22-20-. The molecule has 0 amide bonds. The molecule has 0 aliphatic rings. The van der Waals surface area contributed by atoms with Crippen molar-refractivity contribution in [2.75, 3.05) is 54.1 Å². The quantitative estimate of drug-likeness (QED) is 0.0215. The number of phosphoric ester groups is 1. The molecule has 9 heteroatoms. The summed E-state index contributed by atoms with van der Waals surface area (Å²) in [7, 11) is 1.67. The molecule has 0 aliphatic carbocycles. The second kappa shape index (κ2) is 40.7. The van der Waals surface area contributed by atoms with Crippen molar-refractivity contribution >= 4 is 13.8 Å². The molecule has 2 atom stereocenters. The summed E-state index contributed by atoms with van der Waals surface area (Å²) in [6, 6.07) is 0. The third kappa shape index (κ3) is 44.1. The summed E-state index contributed by atoms with van der Waals surface area (Å²) in [5, 5.41) is 0. The lowest BCUT2D eigenvalue weighted by Crippen LogP contribution is -2.37. The third-order valence-electron chi connectivity index (χ3n) is 10.2. The van der Waals surface area contributed by atoms with Crippen LogP contribution in [0.5, 0.6) is 0 Å². The molecule has 0 aromatic carbocycles. The van der Waals surface area contributed by atoms with E-state index < -0.39 is 13.9 Å². The summed E-state index contributed by atoms with van der Waals surface area (Å²) in [5.74, 6) is -0.316. The summed E-state index contributed by atoms with van der Waals surface area (Å²) in [5.41, 5.74) is 0. The van der Waals surface area contributed by atoms with Gasteiger partial charge < -0.3 is 18.9 Å². The van der Waals surface area contributed by atoms with Crippen molar-refractivity contribution in [3.8, 4) is 0 Å². The molecule has 0 radical (unpaired) electrons. The highest BCUT2D eigenvalue weighted by atomic mass is 31.2. The Hall–Kier alpha value is -1.02. The van der Waals surface area contributed by atoms with Crippen LogP contribution < -0.4 is 0 Å². The monoisotopic (exact) mass is 815 g/mol. The van der Waals surface area contributed by atoms with E-state index in [0.29, 0.717) is 24.1 Å². The van der Waals surface area contributed by atoms with Gasteiger partial charge >= 0.3 is 13.8 Å². The molecule has 0 saturated carbocycles. The van der Waals surface area contributed by atoms with E-state index in [1.165, 1.54) is 161 Å². The Morgan fingerprint density at radius 1 is 0.536 bits per heavy atom. The zero-order chi connectivity index (χ0) is 41.3. The minimum Gasteiger partial charge on any atom is -0.457 e. The number of hydrogen-bond donors (Lipinski definition) is 1. The van der Waals surface area contributed by atoms with E-state index in [1.54, 1.807) is 0 Å². The number of rotatable bonds is 44. The van der Waals surface area contributed by atoms with Crippen molar-refractivity contribution in [2.45, 2.75) is 219 Å². The van der Waals surface area contributed by atoms with Crippen molar-refractivity contribution in [3.05, 3.63) is 24.3 Å². The van der Waals surface area contributed by atoms with Crippen LogP contribution in [-0.4, -0.2) is 75.6 Å². The number of likely N-dealkylation sites (N-methyl/N-ethyl adjacent to an activating group) is 1. The Labute approximate surface area is 347 Å². The maximum Gasteiger partial charge on any atom is 0.472 e. The van der Waals surface area contributed by atoms with Gasteiger partial charge in [0.15, 0.2) is 0 Å². The van der Waals surface area contributed by atoms with Gasteiger partial charge in [-0.05, 0) is 64.2 Å². The van der Waals surface area contributed by atoms with Gasteiger partial charge in [0.05, 0.1) is 34.4 Å². The van der Waals surface area contributed by atoms with Crippen LogP contribution in [-0.2, 0) is 27.9 Å². The van der Waals surface area contributed by atoms with E-state index in [2.05, 4.69) is 38.2 Å². The highest BCUT2D eigenvalue weighted by molar-refractivity contribution is 7.47. The average Bonchev–Trinajstić information content (AvgIpc) is 3.15. The van der Waals surface area contributed by atoms with Crippen LogP contribution in [0.1, 0.15) is 213 Å². The molecule has 0 aliphatic heterocycles. The number of unbranched alkanes of at least 4 members (excludes halogenated alkanes) is 26. The van der Waals surface area contributed by atoms with Gasteiger partial charge in [-0.2, -0.15) is 0 Å². The van der Waals surface area contributed by atoms with Crippen molar-refractivity contribution in [1.82, 2.24) is 0 Å². The molecule has 0 aromatic rings. The molecule has 0 heterocycles. The molecule has 0 saturated heterocycles. The van der Waals surface area contributed by atoms with Crippen molar-refractivity contribution in [1.29, 1.82) is 0 Å². The maximum atomic E-state index is 12.7. The Bertz CT molecular complexity index is 951. The van der Waals surface area contributed by atoms with Gasteiger partial charge in [0, 0.05) is 13.0 Å². The first-order valence-electron chi connectivity index (χ1n) is 23.6. The fourth-order valence-corrected chi connectivity index (χ4v) is 7.28. The zero-order valence-corrected chi connectivity index (χ0v) is 38.5. The number of phosphoric acid groups is 1. The number of nitrogens with zero attached hydrogens (tertiary/aromatic N) is 1. The van der Waals surface area contributed by atoms with E-state index in [0.717, 1.165) is 32.1 Å². The van der Waals surface area contributed by atoms with Gasteiger partial charge in [-0.15, -0.1) is 0 Å². The Morgan fingerprint density at radius 2 is 0.929 bits per heavy atom. The molecule has 2 unspecified atom stereocenters. The minimum absolute atomic E-state index is 0.0884. The number of hydrogen-bond acceptors (Lipinski definition) is 6. The first-order valence-corrected chi connectivity index (χ1v) is 25.1. The second-order valence-corrected chi connectivity index (χ2v) is 18.6. The van der Waals surface area contributed by atoms with Crippen LogP contribution in [0.3, 0.4) is 0 Å². The summed E-state index contributed by atoms with van der Waals surface area (Å²) >= 11 is 0. The molecular weight excluding hydrogens is 721 g/mol. The molecule has 0 aromatic heterocycles. The molecule has 0 fully saturated rings. The summed E-state index contributed by atoms with van der Waals surface area (Å²) in [6.45, 7) is 5.62. The smallest absolute Gasteiger partial charge is 0.457 e. The van der Waals surface area contributed by atoms with Gasteiger partial charge in [0.1, 0.15) is 19.3 Å². The van der Waals surface area contributed by atoms with E-state index in [9.17, 15) is 14.3 Å². The largest absolute Gasteiger partial charge is 0.472 e. The highest BCUT2D eigenvalue weighted by Crippen LogP contribution is 2.43. The summed E-state index contributed by atoms with van der Waals surface area (Å²) < 4.78 is 35.1. The predicted molar refractivity (Wildman–Crippen MR) is 238 cm³/mol. The van der Waals surface area contributed by atoms with E-state index in [4.69, 9.17) is 18.5 Å². The highest BCUT2D eigenvalue weighted by Gasteiger charge is 2.26. The van der Waals surface area contributed by atoms with Crippen LogP contribution in [0.25, 0.3) is 0 Å². The molecule has 0 rings (SSSR count). The topological polar surface area (TPSA) is 91.3 Å². The SMILES string of the molecule is CCCCCCC/C=C\CCCCCCCCOCC(COP(=O)(O)OCC[N+](C)(C)C)OC(=O)CCCCCCCCCCC/C=C\CCCCCCCC. The van der Waals surface area contributed by atoms with E-state index in [-0.39, 0.29) is 25.8 Å². The molecule has 0 spiro atoms. The lowest BCUT2D eigenvalue weighted by atomic mass is 10.1. The van der Waals surface area contributed by atoms with Crippen molar-refractivity contribution < 1.29 is 37.3 Å². The third-order valence-corrected chi connectivity index (χ3v) is 11.2. The zero-order valence-electron chi connectivity index (χ0n) is 37.6. The fraction of sp³-hybridized carbons (Fsp3) is 0.894. The average molecular weight is 815 g/mol. The van der Waals surface area contributed by atoms with Crippen LogP contribution in [0.2, 0.25) is 0 Å². The van der Waals surface area contributed by atoms with Crippen LogP contribution in [0, 0.1) is 0 Å². The molecule has 0 bridgehead atoms. The lowest BCUT2D eigenvalue weighted by Gasteiger charge is -2.24. The van der Waals surface area contributed by atoms with Crippen LogP contribution in [0.15, 0.2) is 24.3 Å². The van der Waals surface area contributed by atoms with E-state index in [1.807, 2.05) is 21.1 Å². The van der Waals surface area contributed by atoms with Crippen LogP contribution in [0.4, 0.5) is 0 Å². The van der Waals surface area contributed by atoms with Gasteiger partial charge in [-0.25, -0.2) is 4.57 Å². The Kier molecular flexibility index (Phi) is 40.0. The fourth-order valence-electron chi connectivity index (χ4n) is 6.54. The van der Waals surface area contributed by atoms with Gasteiger partial charge in [0.25, 0.3) is 0 Å².